The Hall–Kier alpha value is -2.49. The highest BCUT2D eigenvalue weighted by atomic mass is 16.5. The third kappa shape index (κ3) is 6.14. The number of ether oxygens (including phenoxy) is 2. The van der Waals surface area contributed by atoms with Gasteiger partial charge in [0.25, 0.3) is 5.91 Å². The minimum absolute atomic E-state index is 0.161. The van der Waals surface area contributed by atoms with Gasteiger partial charge in [0.05, 0.1) is 18.9 Å². The first kappa shape index (κ1) is 18.8. The first-order valence-corrected chi connectivity index (χ1v) is 9.00. The average Bonchev–Trinajstić information content (AvgIpc) is 2.64. The Kier molecular flexibility index (Phi) is 7.83. The number of rotatable bonds is 10. The largest absolute Gasteiger partial charge is 0.494 e. The fourth-order valence-electron chi connectivity index (χ4n) is 2.25. The van der Waals surface area contributed by atoms with Crippen molar-refractivity contribution in [2.24, 2.45) is 0 Å². The van der Waals surface area contributed by atoms with Crippen LogP contribution in [0.2, 0.25) is 0 Å². The molecule has 0 aliphatic carbocycles. The van der Waals surface area contributed by atoms with E-state index in [1.807, 2.05) is 36.4 Å². The molecule has 0 radical (unpaired) electrons. The second-order valence-electron chi connectivity index (χ2n) is 5.88. The average molecular weight is 341 g/mol. The molecule has 0 aliphatic heterocycles. The minimum atomic E-state index is -0.161. The van der Waals surface area contributed by atoms with Gasteiger partial charge in [-0.3, -0.25) is 4.79 Å². The van der Waals surface area contributed by atoms with Crippen LogP contribution < -0.4 is 14.8 Å². The molecule has 0 atom stereocenters. The van der Waals surface area contributed by atoms with Crippen LogP contribution in [-0.2, 0) is 0 Å². The van der Waals surface area contributed by atoms with Crippen molar-refractivity contribution in [1.29, 1.82) is 0 Å². The van der Waals surface area contributed by atoms with Gasteiger partial charge < -0.3 is 14.8 Å². The van der Waals surface area contributed by atoms with E-state index in [1.54, 1.807) is 12.1 Å². The van der Waals surface area contributed by atoms with Gasteiger partial charge in [-0.05, 0) is 49.2 Å². The number of carbonyl (C=O) groups is 1. The van der Waals surface area contributed by atoms with Gasteiger partial charge in [-0.2, -0.15) is 0 Å². The molecule has 0 spiro atoms. The number of unbranched alkanes of at least 4 members (excludes halogenated alkanes) is 2. The van der Waals surface area contributed by atoms with E-state index in [1.165, 1.54) is 0 Å². The molecule has 0 aromatic heterocycles. The van der Waals surface area contributed by atoms with Crippen LogP contribution in [0.1, 0.15) is 49.9 Å². The number of anilines is 1. The van der Waals surface area contributed by atoms with Gasteiger partial charge in [-0.25, -0.2) is 0 Å². The molecule has 2 rings (SSSR count). The molecular formula is C21H27NO3. The Bertz CT molecular complexity index is 652. The number of hydrogen-bond acceptors (Lipinski definition) is 3. The standard InChI is InChI=1S/C21H27NO3/c1-3-5-15-24-18-13-11-17(12-14-18)21(23)22-19-9-7-8-10-20(19)25-16-6-4-2/h7-14H,3-6,15-16H2,1-2H3,(H,22,23). The predicted molar refractivity (Wildman–Crippen MR) is 102 cm³/mol. The minimum Gasteiger partial charge on any atom is -0.494 e. The number of nitrogens with one attached hydrogen (secondary N) is 1. The smallest absolute Gasteiger partial charge is 0.255 e. The van der Waals surface area contributed by atoms with Gasteiger partial charge in [-0.15, -0.1) is 0 Å². The molecule has 1 amide bonds. The van der Waals surface area contributed by atoms with Crippen molar-refractivity contribution in [3.63, 3.8) is 0 Å². The van der Waals surface area contributed by atoms with E-state index in [2.05, 4.69) is 19.2 Å². The SMILES string of the molecule is CCCCOc1ccc(C(=O)Nc2ccccc2OCCCC)cc1. The van der Waals surface area contributed by atoms with Crippen LogP contribution in [0.15, 0.2) is 48.5 Å². The quantitative estimate of drug-likeness (QED) is 0.597. The van der Waals surface area contributed by atoms with E-state index in [0.717, 1.165) is 31.4 Å². The maximum Gasteiger partial charge on any atom is 0.255 e. The van der Waals surface area contributed by atoms with Crippen molar-refractivity contribution in [1.82, 2.24) is 0 Å². The molecule has 4 heteroatoms. The Balaban J connectivity index is 1.97. The summed E-state index contributed by atoms with van der Waals surface area (Å²) in [7, 11) is 0. The third-order valence-electron chi connectivity index (χ3n) is 3.77. The van der Waals surface area contributed by atoms with Gasteiger partial charge in [0.2, 0.25) is 0 Å². The molecule has 4 nitrogen and oxygen atoms in total. The molecule has 134 valence electrons. The Labute approximate surface area is 150 Å². The molecule has 0 saturated heterocycles. The van der Waals surface area contributed by atoms with Crippen LogP contribution in [0.3, 0.4) is 0 Å². The molecule has 0 aliphatic rings. The lowest BCUT2D eigenvalue weighted by molar-refractivity contribution is 0.102. The number of para-hydroxylation sites is 2. The van der Waals surface area contributed by atoms with E-state index in [-0.39, 0.29) is 5.91 Å². The van der Waals surface area contributed by atoms with Crippen LogP contribution in [-0.4, -0.2) is 19.1 Å². The fourth-order valence-corrected chi connectivity index (χ4v) is 2.25. The van der Waals surface area contributed by atoms with Gasteiger partial charge in [0.15, 0.2) is 0 Å². The lowest BCUT2D eigenvalue weighted by Gasteiger charge is -2.12. The van der Waals surface area contributed by atoms with Gasteiger partial charge in [0, 0.05) is 5.56 Å². The molecular weight excluding hydrogens is 314 g/mol. The van der Waals surface area contributed by atoms with Crippen LogP contribution in [0, 0.1) is 0 Å². The van der Waals surface area contributed by atoms with Crippen molar-refractivity contribution in [3.05, 3.63) is 54.1 Å². The number of amides is 1. The third-order valence-corrected chi connectivity index (χ3v) is 3.77. The summed E-state index contributed by atoms with van der Waals surface area (Å²) in [6, 6.07) is 14.7. The van der Waals surface area contributed by atoms with Crippen LogP contribution >= 0.6 is 0 Å². The lowest BCUT2D eigenvalue weighted by Crippen LogP contribution is -2.13. The van der Waals surface area contributed by atoms with Crippen LogP contribution in [0.4, 0.5) is 5.69 Å². The normalized spacial score (nSPS) is 10.3. The number of carbonyl (C=O) groups excluding carboxylic acids is 1. The van der Waals surface area contributed by atoms with Gasteiger partial charge >= 0.3 is 0 Å². The Morgan fingerprint density at radius 1 is 0.880 bits per heavy atom. The van der Waals surface area contributed by atoms with E-state index >= 15 is 0 Å². The Morgan fingerprint density at radius 2 is 1.52 bits per heavy atom. The van der Waals surface area contributed by atoms with E-state index in [4.69, 9.17) is 9.47 Å². The summed E-state index contributed by atoms with van der Waals surface area (Å²) in [6.07, 6.45) is 4.18. The number of hydrogen-bond donors (Lipinski definition) is 1. The highest BCUT2D eigenvalue weighted by Gasteiger charge is 2.10. The van der Waals surface area contributed by atoms with Crippen molar-refractivity contribution in [2.75, 3.05) is 18.5 Å². The van der Waals surface area contributed by atoms with E-state index < -0.39 is 0 Å². The molecule has 0 heterocycles. The molecule has 1 N–H and O–H groups in total. The second kappa shape index (κ2) is 10.4. The van der Waals surface area contributed by atoms with Crippen molar-refractivity contribution in [2.45, 2.75) is 39.5 Å². The summed E-state index contributed by atoms with van der Waals surface area (Å²) in [5.41, 5.74) is 1.28. The lowest BCUT2D eigenvalue weighted by atomic mass is 10.2. The van der Waals surface area contributed by atoms with Crippen molar-refractivity contribution >= 4 is 11.6 Å². The second-order valence-corrected chi connectivity index (χ2v) is 5.88. The Morgan fingerprint density at radius 3 is 2.20 bits per heavy atom. The molecule has 0 bridgehead atoms. The first-order valence-electron chi connectivity index (χ1n) is 9.00. The molecule has 2 aromatic carbocycles. The van der Waals surface area contributed by atoms with Gasteiger partial charge in [0.1, 0.15) is 11.5 Å². The summed E-state index contributed by atoms with van der Waals surface area (Å²) in [5, 5.41) is 2.92. The molecule has 0 saturated carbocycles. The summed E-state index contributed by atoms with van der Waals surface area (Å²) >= 11 is 0. The molecule has 0 unspecified atom stereocenters. The van der Waals surface area contributed by atoms with E-state index in [0.29, 0.717) is 30.2 Å². The maximum atomic E-state index is 12.5. The summed E-state index contributed by atoms with van der Waals surface area (Å²) < 4.78 is 11.4. The summed E-state index contributed by atoms with van der Waals surface area (Å²) in [6.45, 7) is 5.59. The highest BCUT2D eigenvalue weighted by molar-refractivity contribution is 6.05. The number of benzene rings is 2. The summed E-state index contributed by atoms with van der Waals surface area (Å²) in [4.78, 5) is 12.5. The highest BCUT2D eigenvalue weighted by Crippen LogP contribution is 2.25. The van der Waals surface area contributed by atoms with Gasteiger partial charge in [-0.1, -0.05) is 38.8 Å². The maximum absolute atomic E-state index is 12.5. The zero-order valence-electron chi connectivity index (χ0n) is 15.1. The molecule has 0 fully saturated rings. The zero-order valence-corrected chi connectivity index (χ0v) is 15.1. The van der Waals surface area contributed by atoms with Crippen LogP contribution in [0.25, 0.3) is 0 Å². The monoisotopic (exact) mass is 341 g/mol. The predicted octanol–water partition coefficient (Wildman–Crippen LogP) is 5.30. The fraction of sp³-hybridized carbons (Fsp3) is 0.381. The zero-order chi connectivity index (χ0) is 17.9. The van der Waals surface area contributed by atoms with Crippen molar-refractivity contribution in [3.8, 4) is 11.5 Å². The molecule has 25 heavy (non-hydrogen) atoms. The first-order chi connectivity index (χ1) is 12.2. The van der Waals surface area contributed by atoms with Crippen LogP contribution in [0.5, 0.6) is 11.5 Å². The van der Waals surface area contributed by atoms with Crippen molar-refractivity contribution < 1.29 is 14.3 Å². The van der Waals surface area contributed by atoms with E-state index in [9.17, 15) is 4.79 Å². The summed E-state index contributed by atoms with van der Waals surface area (Å²) in [5.74, 6) is 1.32. The molecule has 2 aromatic rings. The topological polar surface area (TPSA) is 47.6 Å².